The van der Waals surface area contributed by atoms with Crippen molar-refractivity contribution in [2.24, 2.45) is 0 Å². The molecule has 0 saturated carbocycles. The van der Waals surface area contributed by atoms with Gasteiger partial charge in [-0.3, -0.25) is 9.69 Å². The second-order valence-electron chi connectivity index (χ2n) is 7.43. The van der Waals surface area contributed by atoms with Crippen LogP contribution in [0.2, 0.25) is 0 Å². The zero-order valence-corrected chi connectivity index (χ0v) is 15.5. The molecular weight excluding hydrogens is 350 g/mol. The number of nitrogens with zero attached hydrogens (tertiary/aromatic N) is 2. The standard InChI is InChI=1S/C19H25N3O5/c1-21(10-14-12-25-15-4-2-3-5-16(15)26-14)17(23)11-22-13-19(27-18(22)24)6-8-20-9-7-19/h2-5,14,20H,6-13H2,1H3/t14-/m1/s1. The van der Waals surface area contributed by atoms with Crippen LogP contribution in [0.5, 0.6) is 11.5 Å². The lowest BCUT2D eigenvalue weighted by molar-refractivity contribution is -0.131. The van der Waals surface area contributed by atoms with Gasteiger partial charge < -0.3 is 24.4 Å². The van der Waals surface area contributed by atoms with Crippen molar-refractivity contribution in [3.05, 3.63) is 24.3 Å². The second kappa shape index (κ2) is 7.26. The highest BCUT2D eigenvalue weighted by Gasteiger charge is 2.46. The maximum atomic E-state index is 12.6. The normalized spacial score (nSPS) is 23.2. The van der Waals surface area contributed by atoms with E-state index < -0.39 is 11.7 Å². The summed E-state index contributed by atoms with van der Waals surface area (Å²) in [6, 6.07) is 7.48. The molecule has 0 aliphatic carbocycles. The van der Waals surface area contributed by atoms with Crippen LogP contribution in [0.1, 0.15) is 12.8 Å². The van der Waals surface area contributed by atoms with E-state index in [1.807, 2.05) is 24.3 Å². The molecule has 2 fully saturated rings. The lowest BCUT2D eigenvalue weighted by Crippen LogP contribution is -2.47. The quantitative estimate of drug-likeness (QED) is 0.841. The van der Waals surface area contributed by atoms with E-state index in [0.717, 1.165) is 31.7 Å². The Labute approximate surface area is 158 Å². The van der Waals surface area contributed by atoms with Gasteiger partial charge in [-0.15, -0.1) is 0 Å². The number of likely N-dealkylation sites (N-methyl/N-ethyl adjacent to an activating group) is 1. The highest BCUT2D eigenvalue weighted by atomic mass is 16.6. The van der Waals surface area contributed by atoms with Crippen molar-refractivity contribution in [1.29, 1.82) is 0 Å². The Balaban J connectivity index is 1.30. The highest BCUT2D eigenvalue weighted by molar-refractivity contribution is 5.83. The topological polar surface area (TPSA) is 80.3 Å². The predicted octanol–water partition coefficient (Wildman–Crippen LogP) is 0.859. The number of carbonyl (C=O) groups excluding carboxylic acids is 2. The average Bonchev–Trinajstić information content (AvgIpc) is 2.96. The number of piperidine rings is 1. The fraction of sp³-hybridized carbons (Fsp3) is 0.579. The minimum Gasteiger partial charge on any atom is -0.486 e. The predicted molar refractivity (Wildman–Crippen MR) is 96.9 cm³/mol. The number of hydrogen-bond acceptors (Lipinski definition) is 6. The molecule has 1 N–H and O–H groups in total. The number of nitrogens with one attached hydrogen (secondary N) is 1. The summed E-state index contributed by atoms with van der Waals surface area (Å²) in [4.78, 5) is 27.9. The van der Waals surface area contributed by atoms with Gasteiger partial charge in [-0.25, -0.2) is 4.79 Å². The Kier molecular flexibility index (Phi) is 4.82. The van der Waals surface area contributed by atoms with Crippen LogP contribution in [0.3, 0.4) is 0 Å². The first-order valence-electron chi connectivity index (χ1n) is 9.36. The molecule has 4 rings (SSSR count). The summed E-state index contributed by atoms with van der Waals surface area (Å²) in [6.45, 7) is 2.94. The number of hydrogen-bond donors (Lipinski definition) is 1. The van der Waals surface area contributed by atoms with Gasteiger partial charge in [0.15, 0.2) is 17.6 Å². The molecule has 1 aromatic carbocycles. The SMILES string of the molecule is CN(C[C@@H]1COc2ccccc2O1)C(=O)CN1CC2(CCNCC2)OC1=O. The molecule has 2 amide bonds. The van der Waals surface area contributed by atoms with Crippen LogP contribution in [-0.2, 0) is 9.53 Å². The van der Waals surface area contributed by atoms with Crippen LogP contribution in [0, 0.1) is 0 Å². The molecule has 3 aliphatic rings. The Morgan fingerprint density at radius 1 is 1.30 bits per heavy atom. The van der Waals surface area contributed by atoms with Gasteiger partial charge in [0, 0.05) is 19.9 Å². The molecule has 1 atom stereocenters. The van der Waals surface area contributed by atoms with Crippen LogP contribution in [0.25, 0.3) is 0 Å². The molecule has 0 bridgehead atoms. The maximum Gasteiger partial charge on any atom is 0.410 e. The molecular formula is C19H25N3O5. The van der Waals surface area contributed by atoms with Gasteiger partial charge in [0.1, 0.15) is 18.8 Å². The number of amides is 2. The molecule has 3 heterocycles. The first-order valence-corrected chi connectivity index (χ1v) is 9.36. The first kappa shape index (κ1) is 17.9. The third-order valence-corrected chi connectivity index (χ3v) is 5.35. The minimum absolute atomic E-state index is 0.0225. The Bertz CT molecular complexity index is 719. The van der Waals surface area contributed by atoms with Gasteiger partial charge in [0.05, 0.1) is 13.1 Å². The number of rotatable bonds is 4. The van der Waals surface area contributed by atoms with E-state index in [1.54, 1.807) is 11.9 Å². The van der Waals surface area contributed by atoms with Gasteiger partial charge >= 0.3 is 6.09 Å². The zero-order valence-electron chi connectivity index (χ0n) is 15.5. The summed E-state index contributed by atoms with van der Waals surface area (Å²) in [5.41, 5.74) is -0.439. The van der Waals surface area contributed by atoms with Crippen molar-refractivity contribution < 1.29 is 23.8 Å². The first-order chi connectivity index (χ1) is 13.0. The van der Waals surface area contributed by atoms with Gasteiger partial charge in [-0.2, -0.15) is 0 Å². The van der Waals surface area contributed by atoms with Crippen molar-refractivity contribution in [1.82, 2.24) is 15.1 Å². The van der Waals surface area contributed by atoms with Crippen LogP contribution in [0.15, 0.2) is 24.3 Å². The fourth-order valence-corrected chi connectivity index (χ4v) is 3.80. The summed E-state index contributed by atoms with van der Waals surface area (Å²) in [5.74, 6) is 1.26. The zero-order chi connectivity index (χ0) is 18.9. The molecule has 146 valence electrons. The number of para-hydroxylation sites is 2. The summed E-state index contributed by atoms with van der Waals surface area (Å²) in [6.07, 6.45) is 0.928. The average molecular weight is 375 g/mol. The number of carbonyl (C=O) groups is 2. The summed E-state index contributed by atoms with van der Waals surface area (Å²) >= 11 is 0. The van der Waals surface area contributed by atoms with Crippen molar-refractivity contribution in [3.63, 3.8) is 0 Å². The van der Waals surface area contributed by atoms with Crippen LogP contribution < -0.4 is 14.8 Å². The van der Waals surface area contributed by atoms with Crippen LogP contribution in [-0.4, -0.2) is 79.9 Å². The largest absolute Gasteiger partial charge is 0.486 e. The van der Waals surface area contributed by atoms with E-state index in [-0.39, 0.29) is 18.6 Å². The van der Waals surface area contributed by atoms with E-state index in [0.29, 0.717) is 25.4 Å². The molecule has 8 heteroatoms. The number of benzene rings is 1. The second-order valence-corrected chi connectivity index (χ2v) is 7.43. The van der Waals surface area contributed by atoms with Gasteiger partial charge in [-0.1, -0.05) is 12.1 Å². The Hall–Kier alpha value is -2.48. The highest BCUT2D eigenvalue weighted by Crippen LogP contribution is 2.32. The van der Waals surface area contributed by atoms with Crippen molar-refractivity contribution in [2.45, 2.75) is 24.5 Å². The molecule has 0 aromatic heterocycles. The molecule has 1 spiro atoms. The summed E-state index contributed by atoms with van der Waals surface area (Å²) in [5, 5.41) is 3.27. The third kappa shape index (κ3) is 3.80. The van der Waals surface area contributed by atoms with E-state index in [4.69, 9.17) is 14.2 Å². The molecule has 8 nitrogen and oxygen atoms in total. The molecule has 2 saturated heterocycles. The van der Waals surface area contributed by atoms with Gasteiger partial charge in [-0.05, 0) is 25.2 Å². The van der Waals surface area contributed by atoms with E-state index in [2.05, 4.69) is 5.32 Å². The van der Waals surface area contributed by atoms with E-state index in [9.17, 15) is 9.59 Å². The van der Waals surface area contributed by atoms with E-state index in [1.165, 1.54) is 4.90 Å². The van der Waals surface area contributed by atoms with E-state index >= 15 is 0 Å². The fourth-order valence-electron chi connectivity index (χ4n) is 3.80. The van der Waals surface area contributed by atoms with Crippen LogP contribution in [0.4, 0.5) is 4.79 Å². The summed E-state index contributed by atoms with van der Waals surface area (Å²) in [7, 11) is 1.72. The maximum absolute atomic E-state index is 12.6. The minimum atomic E-state index is -0.439. The Morgan fingerprint density at radius 2 is 2.04 bits per heavy atom. The van der Waals surface area contributed by atoms with Crippen molar-refractivity contribution in [3.8, 4) is 11.5 Å². The summed E-state index contributed by atoms with van der Waals surface area (Å²) < 4.78 is 17.2. The molecule has 1 aromatic rings. The molecule has 27 heavy (non-hydrogen) atoms. The molecule has 0 radical (unpaired) electrons. The molecule has 3 aliphatic heterocycles. The van der Waals surface area contributed by atoms with Gasteiger partial charge in [0.25, 0.3) is 0 Å². The molecule has 0 unspecified atom stereocenters. The Morgan fingerprint density at radius 3 is 2.81 bits per heavy atom. The lowest BCUT2D eigenvalue weighted by atomic mass is 9.92. The monoisotopic (exact) mass is 375 g/mol. The number of fused-ring (bicyclic) bond motifs is 1. The van der Waals surface area contributed by atoms with Crippen LogP contribution >= 0.6 is 0 Å². The van der Waals surface area contributed by atoms with Gasteiger partial charge in [0.2, 0.25) is 5.91 Å². The lowest BCUT2D eigenvalue weighted by Gasteiger charge is -2.31. The van der Waals surface area contributed by atoms with Crippen molar-refractivity contribution in [2.75, 3.05) is 46.4 Å². The third-order valence-electron chi connectivity index (χ3n) is 5.35. The number of ether oxygens (including phenoxy) is 3. The van der Waals surface area contributed by atoms with Crippen molar-refractivity contribution >= 4 is 12.0 Å². The smallest absolute Gasteiger partial charge is 0.410 e.